The van der Waals surface area contributed by atoms with E-state index in [-0.39, 0.29) is 11.8 Å². The van der Waals surface area contributed by atoms with Crippen LogP contribution in [0.4, 0.5) is 5.69 Å². The molecule has 0 bridgehead atoms. The highest BCUT2D eigenvalue weighted by Gasteiger charge is 2.25. The van der Waals surface area contributed by atoms with Gasteiger partial charge in [-0.2, -0.15) is 0 Å². The van der Waals surface area contributed by atoms with Gasteiger partial charge in [-0.05, 0) is 78.5 Å². The van der Waals surface area contributed by atoms with Crippen molar-refractivity contribution in [2.45, 2.75) is 24.9 Å². The third-order valence-corrected chi connectivity index (χ3v) is 6.93. The van der Waals surface area contributed by atoms with Crippen LogP contribution in [0.15, 0.2) is 60.7 Å². The van der Waals surface area contributed by atoms with Gasteiger partial charge in [0, 0.05) is 17.8 Å². The first-order chi connectivity index (χ1) is 17.4. The zero-order valence-corrected chi connectivity index (χ0v) is 21.3. The molecule has 36 heavy (non-hydrogen) atoms. The van der Waals surface area contributed by atoms with E-state index >= 15 is 0 Å². The molecule has 188 valence electrons. The van der Waals surface area contributed by atoms with E-state index in [1.165, 1.54) is 0 Å². The first-order valence-electron chi connectivity index (χ1n) is 11.7. The van der Waals surface area contributed by atoms with Crippen LogP contribution in [0, 0.1) is 0 Å². The highest BCUT2D eigenvalue weighted by Crippen LogP contribution is 2.30. The molecule has 0 aliphatic carbocycles. The van der Waals surface area contributed by atoms with Crippen molar-refractivity contribution < 1.29 is 14.3 Å². The molecule has 0 saturated carbocycles. The standard InChI is InChI=1S/C27H28Cl2N4O3/c1-36-20-4-2-3-18(13-20)26(34)33-25-22-15-19(7-5-16(22)10-12-31-25)32-27(35)21(9-11-30)17-6-8-23(28)24(29)14-17/h2-8,13-15,21,25,31H,9-12,30H2,1H3,(H,32,35)(H,33,34). The summed E-state index contributed by atoms with van der Waals surface area (Å²) in [6.07, 6.45) is 0.864. The van der Waals surface area contributed by atoms with Crippen molar-refractivity contribution in [2.24, 2.45) is 5.73 Å². The number of carbonyl (C=O) groups is 2. The molecule has 0 spiro atoms. The zero-order chi connectivity index (χ0) is 25.7. The molecule has 5 N–H and O–H groups in total. The Balaban J connectivity index is 1.53. The van der Waals surface area contributed by atoms with Crippen LogP contribution in [-0.4, -0.2) is 32.0 Å². The molecule has 4 rings (SSSR count). The first kappa shape index (κ1) is 26.0. The normalized spacial score (nSPS) is 15.5. The van der Waals surface area contributed by atoms with Crippen molar-refractivity contribution in [3.63, 3.8) is 0 Å². The topological polar surface area (TPSA) is 105 Å². The number of hydrogen-bond acceptors (Lipinski definition) is 5. The Morgan fingerprint density at radius 1 is 1.11 bits per heavy atom. The number of carbonyl (C=O) groups excluding carboxylic acids is 2. The maximum atomic E-state index is 13.2. The summed E-state index contributed by atoms with van der Waals surface area (Å²) in [5.74, 6) is -0.294. The summed E-state index contributed by atoms with van der Waals surface area (Å²) < 4.78 is 5.23. The van der Waals surface area contributed by atoms with Gasteiger partial charge >= 0.3 is 0 Å². The van der Waals surface area contributed by atoms with Gasteiger partial charge in [0.25, 0.3) is 5.91 Å². The maximum Gasteiger partial charge on any atom is 0.252 e. The minimum Gasteiger partial charge on any atom is -0.497 e. The van der Waals surface area contributed by atoms with E-state index in [1.54, 1.807) is 49.6 Å². The van der Waals surface area contributed by atoms with E-state index in [0.717, 1.165) is 29.7 Å². The smallest absolute Gasteiger partial charge is 0.252 e. The molecule has 1 heterocycles. The molecular formula is C27H28Cl2N4O3. The van der Waals surface area contributed by atoms with Crippen LogP contribution >= 0.6 is 23.2 Å². The first-order valence-corrected chi connectivity index (χ1v) is 12.4. The molecule has 3 aromatic rings. The number of amides is 2. The summed E-state index contributed by atoms with van der Waals surface area (Å²) in [7, 11) is 1.56. The van der Waals surface area contributed by atoms with Crippen molar-refractivity contribution in [1.29, 1.82) is 0 Å². The van der Waals surface area contributed by atoms with E-state index in [9.17, 15) is 9.59 Å². The summed E-state index contributed by atoms with van der Waals surface area (Å²) >= 11 is 12.2. The average molecular weight is 527 g/mol. The van der Waals surface area contributed by atoms with Gasteiger partial charge in [0.15, 0.2) is 0 Å². The largest absolute Gasteiger partial charge is 0.497 e. The Morgan fingerprint density at radius 2 is 1.94 bits per heavy atom. The van der Waals surface area contributed by atoms with E-state index in [0.29, 0.717) is 40.0 Å². The van der Waals surface area contributed by atoms with Gasteiger partial charge in [-0.1, -0.05) is 41.4 Å². The third kappa shape index (κ3) is 5.99. The van der Waals surface area contributed by atoms with Gasteiger partial charge in [-0.3, -0.25) is 14.9 Å². The quantitative estimate of drug-likeness (QED) is 0.342. The highest BCUT2D eigenvalue weighted by atomic mass is 35.5. The summed E-state index contributed by atoms with van der Waals surface area (Å²) in [5.41, 5.74) is 9.67. The average Bonchev–Trinajstić information content (AvgIpc) is 2.89. The lowest BCUT2D eigenvalue weighted by Crippen LogP contribution is -2.42. The van der Waals surface area contributed by atoms with Crippen molar-refractivity contribution >= 4 is 40.7 Å². The van der Waals surface area contributed by atoms with E-state index < -0.39 is 12.1 Å². The van der Waals surface area contributed by atoms with Crippen LogP contribution in [0.5, 0.6) is 5.75 Å². The van der Waals surface area contributed by atoms with Gasteiger partial charge in [0.1, 0.15) is 11.9 Å². The van der Waals surface area contributed by atoms with Gasteiger partial charge in [-0.25, -0.2) is 0 Å². The number of rotatable bonds is 8. The zero-order valence-electron chi connectivity index (χ0n) is 19.8. The number of hydrogen-bond donors (Lipinski definition) is 4. The minimum atomic E-state index is -0.484. The molecule has 0 radical (unpaired) electrons. The van der Waals surface area contributed by atoms with Gasteiger partial charge < -0.3 is 21.1 Å². The number of fused-ring (bicyclic) bond motifs is 1. The van der Waals surface area contributed by atoms with Gasteiger partial charge in [0.2, 0.25) is 5.91 Å². The molecule has 2 amide bonds. The molecule has 3 aromatic carbocycles. The van der Waals surface area contributed by atoms with Crippen molar-refractivity contribution in [3.05, 3.63) is 93.0 Å². The maximum absolute atomic E-state index is 13.2. The van der Waals surface area contributed by atoms with Crippen molar-refractivity contribution in [1.82, 2.24) is 10.6 Å². The Labute approximate surface area is 220 Å². The molecule has 0 fully saturated rings. The number of benzene rings is 3. The number of nitrogens with two attached hydrogens (primary N) is 1. The molecule has 2 atom stereocenters. The Bertz CT molecular complexity index is 1270. The second kappa shape index (κ2) is 11.8. The van der Waals surface area contributed by atoms with Gasteiger partial charge in [-0.15, -0.1) is 0 Å². The Hall–Kier alpha value is -3.10. The lowest BCUT2D eigenvalue weighted by molar-refractivity contribution is -0.117. The second-order valence-corrected chi connectivity index (χ2v) is 9.36. The number of anilines is 1. The second-order valence-electron chi connectivity index (χ2n) is 8.55. The number of nitrogens with one attached hydrogen (secondary N) is 3. The third-order valence-electron chi connectivity index (χ3n) is 6.19. The predicted molar refractivity (Wildman–Crippen MR) is 143 cm³/mol. The lowest BCUT2D eigenvalue weighted by Gasteiger charge is -2.28. The fraction of sp³-hybridized carbons (Fsp3) is 0.259. The van der Waals surface area contributed by atoms with Crippen molar-refractivity contribution in [2.75, 3.05) is 25.5 Å². The van der Waals surface area contributed by atoms with Crippen LogP contribution in [0.1, 0.15) is 45.6 Å². The van der Waals surface area contributed by atoms with Gasteiger partial charge in [0.05, 0.1) is 23.1 Å². The van der Waals surface area contributed by atoms with E-state index in [2.05, 4.69) is 16.0 Å². The Kier molecular flexibility index (Phi) is 8.48. The molecule has 7 nitrogen and oxygen atoms in total. The summed E-state index contributed by atoms with van der Waals surface area (Å²) in [6, 6.07) is 17.9. The molecule has 0 aromatic heterocycles. The fourth-order valence-electron chi connectivity index (χ4n) is 4.31. The van der Waals surface area contributed by atoms with Crippen LogP contribution in [0.3, 0.4) is 0 Å². The Morgan fingerprint density at radius 3 is 2.69 bits per heavy atom. The SMILES string of the molecule is COc1cccc(C(=O)NC2NCCc3ccc(NC(=O)C(CCN)c4ccc(Cl)c(Cl)c4)cc32)c1. The summed E-state index contributed by atoms with van der Waals surface area (Å²) in [4.78, 5) is 26.1. The molecule has 9 heteroatoms. The minimum absolute atomic E-state index is 0.195. The molecular weight excluding hydrogens is 499 g/mol. The highest BCUT2D eigenvalue weighted by molar-refractivity contribution is 6.42. The molecule has 0 saturated heterocycles. The van der Waals surface area contributed by atoms with Crippen LogP contribution in [0.2, 0.25) is 10.0 Å². The fourth-order valence-corrected chi connectivity index (χ4v) is 4.62. The summed E-state index contributed by atoms with van der Waals surface area (Å²) in [6.45, 7) is 1.06. The molecule has 2 unspecified atom stereocenters. The van der Waals surface area contributed by atoms with Crippen molar-refractivity contribution in [3.8, 4) is 5.75 Å². The molecule has 1 aliphatic rings. The predicted octanol–water partition coefficient (Wildman–Crippen LogP) is 4.65. The van der Waals surface area contributed by atoms with E-state index in [4.69, 9.17) is 33.7 Å². The number of halogens is 2. The van der Waals surface area contributed by atoms with E-state index in [1.807, 2.05) is 18.2 Å². The van der Waals surface area contributed by atoms with Crippen LogP contribution < -0.4 is 26.4 Å². The molecule has 1 aliphatic heterocycles. The number of ether oxygens (including phenoxy) is 1. The lowest BCUT2D eigenvalue weighted by atomic mass is 9.94. The summed E-state index contributed by atoms with van der Waals surface area (Å²) in [5, 5.41) is 10.2. The van der Waals surface area contributed by atoms with Crippen LogP contribution in [0.25, 0.3) is 0 Å². The van der Waals surface area contributed by atoms with Crippen LogP contribution in [-0.2, 0) is 11.2 Å². The monoisotopic (exact) mass is 526 g/mol. The number of methoxy groups -OCH3 is 1.